The van der Waals surface area contributed by atoms with Gasteiger partial charge in [0.2, 0.25) is 5.91 Å². The van der Waals surface area contributed by atoms with Gasteiger partial charge in [-0.05, 0) is 49.4 Å². The average Bonchev–Trinajstić information content (AvgIpc) is 3.04. The number of hydrogen-bond donors (Lipinski definition) is 0. The number of nitrogens with zero attached hydrogens (tertiary/aromatic N) is 2. The first-order chi connectivity index (χ1) is 14.5. The lowest BCUT2D eigenvalue weighted by Crippen LogP contribution is -2.23. The van der Waals surface area contributed by atoms with Crippen LogP contribution in [0.2, 0.25) is 5.02 Å². The molecule has 0 fully saturated rings. The van der Waals surface area contributed by atoms with Crippen LogP contribution in [0, 0.1) is 0 Å². The maximum Gasteiger partial charge on any atom is 0.326 e. The normalized spacial score (nSPS) is 11.6. The first-order valence-electron chi connectivity index (χ1n) is 9.29. The Morgan fingerprint density at radius 1 is 1.20 bits per heavy atom. The maximum absolute atomic E-state index is 12.5. The third kappa shape index (κ3) is 5.87. The molecule has 9 heteroatoms. The van der Waals surface area contributed by atoms with Gasteiger partial charge in [-0.15, -0.1) is 11.8 Å². The molecule has 0 atom stereocenters. The van der Waals surface area contributed by atoms with E-state index in [1.165, 1.54) is 11.3 Å². The largest absolute Gasteiger partial charge is 0.497 e. The van der Waals surface area contributed by atoms with Gasteiger partial charge in [-0.1, -0.05) is 22.9 Å². The van der Waals surface area contributed by atoms with Gasteiger partial charge in [0.15, 0.2) is 4.80 Å². The molecule has 2 aromatic carbocycles. The van der Waals surface area contributed by atoms with Crippen LogP contribution in [0.1, 0.15) is 13.3 Å². The molecule has 3 rings (SSSR count). The van der Waals surface area contributed by atoms with Gasteiger partial charge in [0.1, 0.15) is 12.3 Å². The Hall–Kier alpha value is -2.29. The quantitative estimate of drug-likeness (QED) is 0.361. The van der Waals surface area contributed by atoms with E-state index in [2.05, 4.69) is 4.99 Å². The number of ether oxygens (including phenoxy) is 2. The third-order valence-electron chi connectivity index (χ3n) is 4.10. The number of amides is 1. The molecule has 30 heavy (non-hydrogen) atoms. The third-order valence-corrected chi connectivity index (χ3v) is 6.39. The molecule has 0 radical (unpaired) electrons. The smallest absolute Gasteiger partial charge is 0.326 e. The Kier molecular flexibility index (Phi) is 7.95. The molecular weight excluding hydrogens is 444 g/mol. The van der Waals surface area contributed by atoms with Gasteiger partial charge in [-0.3, -0.25) is 9.59 Å². The summed E-state index contributed by atoms with van der Waals surface area (Å²) in [6.45, 7) is 2.03. The molecule has 0 unspecified atom stereocenters. The first kappa shape index (κ1) is 22.4. The average molecular weight is 465 g/mol. The van der Waals surface area contributed by atoms with E-state index < -0.39 is 0 Å². The molecule has 6 nitrogen and oxygen atoms in total. The summed E-state index contributed by atoms with van der Waals surface area (Å²) in [5.41, 5.74) is 0.789. The molecule has 1 heterocycles. The van der Waals surface area contributed by atoms with Crippen LogP contribution in [0.4, 0.5) is 0 Å². The van der Waals surface area contributed by atoms with Gasteiger partial charge in [-0.25, -0.2) is 0 Å². The van der Waals surface area contributed by atoms with Crippen molar-refractivity contribution in [2.45, 2.75) is 24.8 Å². The zero-order valence-corrected chi connectivity index (χ0v) is 19.0. The Bertz CT molecular complexity index is 1110. The van der Waals surface area contributed by atoms with E-state index in [1.54, 1.807) is 42.5 Å². The van der Waals surface area contributed by atoms with E-state index in [0.717, 1.165) is 20.9 Å². The highest BCUT2D eigenvalue weighted by Crippen LogP contribution is 2.23. The zero-order valence-electron chi connectivity index (χ0n) is 16.6. The minimum absolute atomic E-state index is 0.0117. The van der Waals surface area contributed by atoms with Crippen molar-refractivity contribution in [1.29, 1.82) is 0 Å². The van der Waals surface area contributed by atoms with Crippen molar-refractivity contribution in [3.05, 3.63) is 52.3 Å². The fourth-order valence-corrected chi connectivity index (χ4v) is 4.88. The van der Waals surface area contributed by atoms with Gasteiger partial charge >= 0.3 is 5.97 Å². The van der Waals surface area contributed by atoms with Crippen molar-refractivity contribution in [2.75, 3.05) is 19.5 Å². The van der Waals surface area contributed by atoms with Crippen molar-refractivity contribution >= 4 is 56.8 Å². The Morgan fingerprint density at radius 3 is 2.67 bits per heavy atom. The zero-order chi connectivity index (χ0) is 21.5. The van der Waals surface area contributed by atoms with Gasteiger partial charge in [0.25, 0.3) is 0 Å². The summed E-state index contributed by atoms with van der Waals surface area (Å²) < 4.78 is 12.8. The van der Waals surface area contributed by atoms with E-state index >= 15 is 0 Å². The summed E-state index contributed by atoms with van der Waals surface area (Å²) in [5.74, 6) is 0.771. The van der Waals surface area contributed by atoms with Crippen molar-refractivity contribution in [1.82, 2.24) is 4.57 Å². The number of benzene rings is 2. The number of carbonyl (C=O) groups excluding carboxylic acids is 2. The van der Waals surface area contributed by atoms with Crippen molar-refractivity contribution in [3.63, 3.8) is 0 Å². The number of thioether (sulfide) groups is 1. The lowest BCUT2D eigenvalue weighted by Gasteiger charge is -2.05. The Labute approximate surface area is 187 Å². The predicted molar refractivity (Wildman–Crippen MR) is 120 cm³/mol. The molecule has 0 N–H and O–H groups in total. The van der Waals surface area contributed by atoms with Crippen LogP contribution in [0.5, 0.6) is 5.75 Å². The van der Waals surface area contributed by atoms with E-state index in [1.807, 2.05) is 30.3 Å². The number of fused-ring (bicyclic) bond motifs is 1. The lowest BCUT2D eigenvalue weighted by atomic mass is 10.3. The van der Waals surface area contributed by atoms with Gasteiger partial charge < -0.3 is 14.0 Å². The lowest BCUT2D eigenvalue weighted by molar-refractivity contribution is -0.143. The highest BCUT2D eigenvalue weighted by atomic mass is 35.5. The number of carbonyl (C=O) groups is 2. The SMILES string of the molecule is CCOC(=O)Cn1c(=NC(=O)CCSc2ccc(OC)cc2)sc2cc(Cl)ccc21. The minimum atomic E-state index is -0.379. The highest BCUT2D eigenvalue weighted by molar-refractivity contribution is 7.99. The van der Waals surface area contributed by atoms with Crippen LogP contribution in [-0.2, 0) is 20.9 Å². The van der Waals surface area contributed by atoms with Crippen molar-refractivity contribution < 1.29 is 19.1 Å². The molecule has 0 saturated heterocycles. The topological polar surface area (TPSA) is 69.9 Å². The van der Waals surface area contributed by atoms with Gasteiger partial charge in [0, 0.05) is 22.1 Å². The van der Waals surface area contributed by atoms with E-state index in [0.29, 0.717) is 22.2 Å². The van der Waals surface area contributed by atoms with E-state index in [-0.39, 0.29) is 24.8 Å². The number of halogens is 1. The summed E-state index contributed by atoms with van der Waals surface area (Å²) >= 11 is 8.98. The van der Waals surface area contributed by atoms with Crippen LogP contribution >= 0.6 is 34.7 Å². The van der Waals surface area contributed by atoms with Crippen molar-refractivity contribution in [2.24, 2.45) is 4.99 Å². The standard InChI is InChI=1S/C21H21ClN2O4S2/c1-3-28-20(26)13-24-17-9-4-14(22)12-18(17)30-21(24)23-19(25)10-11-29-16-7-5-15(27-2)6-8-16/h4-9,12H,3,10-11,13H2,1-2H3. The molecule has 3 aromatic rings. The second kappa shape index (κ2) is 10.7. The molecule has 158 valence electrons. The predicted octanol–water partition coefficient (Wildman–Crippen LogP) is 4.54. The molecule has 1 aromatic heterocycles. The summed E-state index contributed by atoms with van der Waals surface area (Å²) in [6, 6.07) is 13.0. The van der Waals surface area contributed by atoms with Crippen LogP contribution in [0.3, 0.4) is 0 Å². The molecule has 0 spiro atoms. The molecular formula is C21H21ClN2O4S2. The van der Waals surface area contributed by atoms with Gasteiger partial charge in [-0.2, -0.15) is 4.99 Å². The summed E-state index contributed by atoms with van der Waals surface area (Å²) in [6.07, 6.45) is 0.283. The second-order valence-electron chi connectivity index (χ2n) is 6.17. The van der Waals surface area contributed by atoms with E-state index in [9.17, 15) is 9.59 Å². The fourth-order valence-electron chi connectivity index (χ4n) is 2.71. The molecule has 1 amide bonds. The number of hydrogen-bond acceptors (Lipinski definition) is 6. The minimum Gasteiger partial charge on any atom is -0.497 e. The Balaban J connectivity index is 1.75. The highest BCUT2D eigenvalue weighted by Gasteiger charge is 2.12. The molecule has 0 bridgehead atoms. The molecule has 0 saturated carbocycles. The summed E-state index contributed by atoms with van der Waals surface area (Å²) in [5, 5.41) is 0.584. The maximum atomic E-state index is 12.5. The Morgan fingerprint density at radius 2 is 1.97 bits per heavy atom. The molecule has 0 aliphatic heterocycles. The van der Waals surface area contributed by atoms with Crippen molar-refractivity contribution in [3.8, 4) is 5.75 Å². The first-order valence-corrected chi connectivity index (χ1v) is 11.5. The van der Waals surface area contributed by atoms with Crippen LogP contribution in [-0.4, -0.2) is 35.9 Å². The number of esters is 1. The number of rotatable bonds is 8. The number of aromatic nitrogens is 1. The molecule has 0 aliphatic carbocycles. The van der Waals surface area contributed by atoms with Crippen LogP contribution in [0.25, 0.3) is 10.2 Å². The van der Waals surface area contributed by atoms with Gasteiger partial charge in [0.05, 0.1) is 23.9 Å². The summed E-state index contributed by atoms with van der Waals surface area (Å²) in [7, 11) is 1.62. The van der Waals surface area contributed by atoms with Crippen LogP contribution < -0.4 is 9.54 Å². The number of methoxy groups -OCH3 is 1. The molecule has 0 aliphatic rings. The summed E-state index contributed by atoms with van der Waals surface area (Å²) in [4.78, 5) is 30.3. The second-order valence-corrected chi connectivity index (χ2v) is 8.78. The number of thiazole rings is 1. The van der Waals surface area contributed by atoms with Crippen LogP contribution in [0.15, 0.2) is 52.4 Å². The van der Waals surface area contributed by atoms with E-state index in [4.69, 9.17) is 21.1 Å². The fraction of sp³-hybridized carbons (Fsp3) is 0.286. The monoisotopic (exact) mass is 464 g/mol.